The van der Waals surface area contributed by atoms with Crippen molar-refractivity contribution in [2.75, 3.05) is 6.54 Å². The van der Waals surface area contributed by atoms with Crippen LogP contribution in [0.5, 0.6) is 0 Å². The number of nitrogens with zero attached hydrogens (tertiary/aromatic N) is 1. The van der Waals surface area contributed by atoms with Gasteiger partial charge in [0.2, 0.25) is 0 Å². The lowest BCUT2D eigenvalue weighted by molar-refractivity contribution is -0.141. The van der Waals surface area contributed by atoms with Crippen molar-refractivity contribution >= 4 is 23.2 Å². The van der Waals surface area contributed by atoms with Gasteiger partial charge in [0, 0.05) is 6.54 Å². The van der Waals surface area contributed by atoms with Gasteiger partial charge in [-0.2, -0.15) is 0 Å². The van der Waals surface area contributed by atoms with Gasteiger partial charge in [0.25, 0.3) is 5.91 Å². The fourth-order valence-corrected chi connectivity index (χ4v) is 2.91. The zero-order valence-electron chi connectivity index (χ0n) is 12.5. The van der Waals surface area contributed by atoms with Crippen LogP contribution in [-0.2, 0) is 11.2 Å². The lowest BCUT2D eigenvalue weighted by Crippen LogP contribution is -2.34. The Balaban J connectivity index is 1.99. The van der Waals surface area contributed by atoms with E-state index in [2.05, 4.69) is 10.3 Å². The fourth-order valence-electron chi connectivity index (χ4n) is 2.19. The zero-order valence-corrected chi connectivity index (χ0v) is 13.3. The van der Waals surface area contributed by atoms with E-state index in [1.54, 1.807) is 12.4 Å². The van der Waals surface area contributed by atoms with Gasteiger partial charge in [0.1, 0.15) is 4.88 Å². The number of aryl methyl sites for hydroxylation is 2. The maximum absolute atomic E-state index is 12.0. The number of carbonyl (C=O) groups excluding carboxylic acids is 1. The van der Waals surface area contributed by atoms with Gasteiger partial charge in [-0.05, 0) is 25.8 Å². The predicted octanol–water partition coefficient (Wildman–Crippen LogP) is 2.43. The molecule has 0 aliphatic heterocycles. The topological polar surface area (TPSA) is 79.3 Å². The molecular weight excluding hydrogens is 300 g/mol. The second-order valence-corrected chi connectivity index (χ2v) is 6.06. The van der Waals surface area contributed by atoms with E-state index in [-0.39, 0.29) is 12.5 Å². The third kappa shape index (κ3) is 4.14. The van der Waals surface area contributed by atoms with Gasteiger partial charge in [0.15, 0.2) is 0 Å². The summed E-state index contributed by atoms with van der Waals surface area (Å²) in [5.41, 5.74) is 4.31. The van der Waals surface area contributed by atoms with Crippen molar-refractivity contribution in [1.29, 1.82) is 0 Å². The molecule has 1 aromatic carbocycles. The Kier molecular flexibility index (Phi) is 5.27. The van der Waals surface area contributed by atoms with Crippen LogP contribution >= 0.6 is 11.3 Å². The predicted molar refractivity (Wildman–Crippen MR) is 85.2 cm³/mol. The molecule has 0 saturated carbocycles. The lowest BCUT2D eigenvalue weighted by Gasteiger charge is -2.13. The quantitative estimate of drug-likeness (QED) is 0.857. The molecule has 5 nitrogen and oxygen atoms in total. The van der Waals surface area contributed by atoms with Crippen molar-refractivity contribution in [3.05, 3.63) is 51.5 Å². The van der Waals surface area contributed by atoms with E-state index < -0.39 is 11.9 Å². The molecule has 116 valence electrons. The number of carboxylic acid groups (broad SMARTS) is 1. The van der Waals surface area contributed by atoms with Crippen LogP contribution in [0.1, 0.15) is 26.5 Å². The van der Waals surface area contributed by atoms with Crippen molar-refractivity contribution in [3.8, 4) is 0 Å². The summed E-state index contributed by atoms with van der Waals surface area (Å²) >= 11 is 1.25. The van der Waals surface area contributed by atoms with E-state index in [0.717, 1.165) is 11.1 Å². The van der Waals surface area contributed by atoms with E-state index in [9.17, 15) is 14.7 Å². The monoisotopic (exact) mass is 318 g/mol. The number of hydrogen-bond donors (Lipinski definition) is 2. The number of benzene rings is 1. The minimum atomic E-state index is -0.914. The molecule has 0 aliphatic carbocycles. The highest BCUT2D eigenvalue weighted by molar-refractivity contribution is 7.11. The van der Waals surface area contributed by atoms with Crippen LogP contribution in [0, 0.1) is 19.8 Å². The van der Waals surface area contributed by atoms with Gasteiger partial charge in [-0.15, -0.1) is 11.3 Å². The molecule has 2 aromatic rings. The van der Waals surface area contributed by atoms with Crippen molar-refractivity contribution < 1.29 is 14.7 Å². The number of nitrogens with one attached hydrogen (secondary N) is 1. The van der Waals surface area contributed by atoms with Crippen LogP contribution in [0.4, 0.5) is 0 Å². The average Bonchev–Trinajstić information content (AvgIpc) is 2.89. The second kappa shape index (κ2) is 7.17. The molecule has 0 fully saturated rings. The second-order valence-electron chi connectivity index (χ2n) is 5.21. The molecule has 1 unspecified atom stereocenters. The third-order valence-corrected chi connectivity index (χ3v) is 4.30. The van der Waals surface area contributed by atoms with Crippen molar-refractivity contribution in [1.82, 2.24) is 10.3 Å². The first-order chi connectivity index (χ1) is 10.5. The van der Waals surface area contributed by atoms with E-state index in [1.165, 1.54) is 11.3 Å². The van der Waals surface area contributed by atoms with Crippen LogP contribution < -0.4 is 5.32 Å². The van der Waals surface area contributed by atoms with E-state index >= 15 is 0 Å². The fraction of sp³-hybridized carbons (Fsp3) is 0.312. The number of aliphatic carboxylic acids is 1. The summed E-state index contributed by atoms with van der Waals surface area (Å²) in [5, 5.41) is 12.0. The van der Waals surface area contributed by atoms with E-state index in [0.29, 0.717) is 17.0 Å². The number of hydrogen-bond acceptors (Lipinski definition) is 4. The van der Waals surface area contributed by atoms with Crippen LogP contribution in [0.2, 0.25) is 0 Å². The Morgan fingerprint density at radius 3 is 2.73 bits per heavy atom. The Morgan fingerprint density at radius 1 is 1.36 bits per heavy atom. The summed E-state index contributed by atoms with van der Waals surface area (Å²) < 4.78 is 0. The Morgan fingerprint density at radius 2 is 2.14 bits per heavy atom. The van der Waals surface area contributed by atoms with Gasteiger partial charge >= 0.3 is 5.97 Å². The summed E-state index contributed by atoms with van der Waals surface area (Å²) in [6, 6.07) is 7.74. The summed E-state index contributed by atoms with van der Waals surface area (Å²) in [6.07, 6.45) is 0.388. The number of thiazole rings is 1. The highest BCUT2D eigenvalue weighted by Crippen LogP contribution is 2.13. The van der Waals surface area contributed by atoms with Gasteiger partial charge in [-0.1, -0.05) is 29.8 Å². The van der Waals surface area contributed by atoms with Crippen molar-refractivity contribution in [3.63, 3.8) is 0 Å². The van der Waals surface area contributed by atoms with Gasteiger partial charge in [-0.25, -0.2) is 4.98 Å². The molecule has 1 amide bonds. The molecule has 0 saturated heterocycles. The molecule has 1 heterocycles. The Labute approximate surface area is 133 Å². The molecule has 0 bridgehead atoms. The number of aromatic nitrogens is 1. The maximum Gasteiger partial charge on any atom is 0.308 e. The first kappa shape index (κ1) is 16.2. The van der Waals surface area contributed by atoms with Crippen molar-refractivity contribution in [2.45, 2.75) is 20.3 Å². The van der Waals surface area contributed by atoms with Crippen molar-refractivity contribution in [2.24, 2.45) is 5.92 Å². The third-order valence-electron chi connectivity index (χ3n) is 3.37. The highest BCUT2D eigenvalue weighted by atomic mass is 32.1. The maximum atomic E-state index is 12.0. The SMILES string of the molecule is Cc1cccc(CC(CNC(=O)c2scnc2C)C(=O)O)c1. The zero-order chi connectivity index (χ0) is 16.1. The number of carboxylic acids is 1. The van der Waals surface area contributed by atoms with Crippen LogP contribution in [0.15, 0.2) is 29.8 Å². The van der Waals surface area contributed by atoms with Crippen LogP contribution in [0.25, 0.3) is 0 Å². The molecule has 0 spiro atoms. The summed E-state index contributed by atoms with van der Waals surface area (Å²) in [7, 11) is 0. The van der Waals surface area contributed by atoms with Gasteiger partial charge in [-0.3, -0.25) is 9.59 Å². The Bertz CT molecular complexity index is 682. The highest BCUT2D eigenvalue weighted by Gasteiger charge is 2.20. The molecule has 0 radical (unpaired) electrons. The van der Waals surface area contributed by atoms with E-state index in [4.69, 9.17) is 0 Å². The minimum Gasteiger partial charge on any atom is -0.481 e. The first-order valence-corrected chi connectivity index (χ1v) is 7.82. The first-order valence-electron chi connectivity index (χ1n) is 6.94. The van der Waals surface area contributed by atoms with Crippen LogP contribution in [0.3, 0.4) is 0 Å². The largest absolute Gasteiger partial charge is 0.481 e. The lowest BCUT2D eigenvalue weighted by atomic mass is 9.98. The molecular formula is C16H18N2O3S. The molecule has 0 aliphatic rings. The molecule has 6 heteroatoms. The van der Waals surface area contributed by atoms with Crippen LogP contribution in [-0.4, -0.2) is 28.5 Å². The molecule has 1 aromatic heterocycles. The number of amides is 1. The smallest absolute Gasteiger partial charge is 0.308 e. The van der Waals surface area contributed by atoms with E-state index in [1.807, 2.05) is 31.2 Å². The summed E-state index contributed by atoms with van der Waals surface area (Å²) in [4.78, 5) is 28.0. The number of rotatable bonds is 6. The standard InChI is InChI=1S/C16H18N2O3S/c1-10-4-3-5-12(6-10)7-13(16(20)21)8-17-15(19)14-11(2)18-9-22-14/h3-6,9,13H,7-8H2,1-2H3,(H,17,19)(H,20,21). The molecule has 1 atom stereocenters. The average molecular weight is 318 g/mol. The molecule has 2 N–H and O–H groups in total. The minimum absolute atomic E-state index is 0.0967. The summed E-state index contributed by atoms with van der Waals surface area (Å²) in [5.74, 6) is -1.84. The summed E-state index contributed by atoms with van der Waals surface area (Å²) in [6.45, 7) is 3.82. The Hall–Kier alpha value is -2.21. The normalized spacial score (nSPS) is 11.9. The van der Waals surface area contributed by atoms with Gasteiger partial charge < -0.3 is 10.4 Å². The molecule has 22 heavy (non-hydrogen) atoms. The van der Waals surface area contributed by atoms with Gasteiger partial charge in [0.05, 0.1) is 17.1 Å². The number of carbonyl (C=O) groups is 2. The molecule has 2 rings (SSSR count).